The molecule has 1 heterocycles. The van der Waals surface area contributed by atoms with E-state index >= 15 is 0 Å². The van der Waals surface area contributed by atoms with E-state index in [0.717, 1.165) is 5.56 Å². The Morgan fingerprint density at radius 3 is 2.82 bits per heavy atom. The minimum atomic E-state index is -0.354. The Balaban J connectivity index is 2.09. The number of esters is 1. The maximum absolute atomic E-state index is 11.2. The van der Waals surface area contributed by atoms with E-state index in [-0.39, 0.29) is 12.4 Å². The molecule has 0 unspecified atom stereocenters. The van der Waals surface area contributed by atoms with Crippen LogP contribution in [0, 0.1) is 0 Å². The van der Waals surface area contributed by atoms with Crippen LogP contribution in [-0.2, 0) is 16.0 Å². The number of carbonyl (C=O) groups excluding carboxylic acids is 1. The lowest BCUT2D eigenvalue weighted by molar-refractivity contribution is -0.142. The lowest BCUT2D eigenvalue weighted by atomic mass is 10.2. The van der Waals surface area contributed by atoms with Crippen molar-refractivity contribution >= 4 is 5.97 Å². The summed E-state index contributed by atoms with van der Waals surface area (Å²) in [6, 6.07) is 9.39. The summed E-state index contributed by atoms with van der Waals surface area (Å²) in [7, 11) is 0. The minimum absolute atomic E-state index is 0.0319. The standard InChI is InChI=1S/C12H12N2O3/c1-2-16-11(15)8-10-13-12(17-14-10)9-6-4-3-5-7-9/h3-7H,2,8H2,1H3. The molecule has 0 radical (unpaired) electrons. The normalized spacial score (nSPS) is 10.2. The predicted molar refractivity (Wildman–Crippen MR) is 60.1 cm³/mol. The molecule has 0 N–H and O–H groups in total. The summed E-state index contributed by atoms with van der Waals surface area (Å²) in [6.07, 6.45) is 0.0319. The molecule has 5 nitrogen and oxygen atoms in total. The second-order valence-corrected chi connectivity index (χ2v) is 3.36. The zero-order valence-corrected chi connectivity index (χ0v) is 9.42. The van der Waals surface area contributed by atoms with E-state index in [1.807, 2.05) is 30.3 Å². The summed E-state index contributed by atoms with van der Waals surface area (Å²) in [4.78, 5) is 15.3. The minimum Gasteiger partial charge on any atom is -0.466 e. The third kappa shape index (κ3) is 2.90. The third-order valence-corrected chi connectivity index (χ3v) is 2.10. The van der Waals surface area contributed by atoms with Gasteiger partial charge in [-0.05, 0) is 19.1 Å². The molecule has 17 heavy (non-hydrogen) atoms. The molecular weight excluding hydrogens is 220 g/mol. The molecule has 0 saturated carbocycles. The lowest BCUT2D eigenvalue weighted by Crippen LogP contribution is -2.08. The van der Waals surface area contributed by atoms with Gasteiger partial charge in [0.25, 0.3) is 5.89 Å². The van der Waals surface area contributed by atoms with E-state index in [9.17, 15) is 4.79 Å². The molecule has 2 rings (SSSR count). The van der Waals surface area contributed by atoms with Crippen molar-refractivity contribution < 1.29 is 14.1 Å². The first kappa shape index (κ1) is 11.3. The van der Waals surface area contributed by atoms with Crippen molar-refractivity contribution in [1.82, 2.24) is 10.1 Å². The molecule has 0 aliphatic carbocycles. The Hall–Kier alpha value is -2.17. The van der Waals surface area contributed by atoms with Crippen LogP contribution >= 0.6 is 0 Å². The molecule has 0 atom stereocenters. The summed E-state index contributed by atoms with van der Waals surface area (Å²) in [5, 5.41) is 3.73. The topological polar surface area (TPSA) is 65.2 Å². The van der Waals surface area contributed by atoms with E-state index in [4.69, 9.17) is 9.26 Å². The summed E-state index contributed by atoms with van der Waals surface area (Å²) in [6.45, 7) is 2.10. The molecule has 1 aromatic heterocycles. The zero-order valence-electron chi connectivity index (χ0n) is 9.42. The number of ether oxygens (including phenoxy) is 1. The molecular formula is C12H12N2O3. The molecule has 0 spiro atoms. The Bertz CT molecular complexity index is 493. The number of carbonyl (C=O) groups is 1. The molecule has 1 aromatic carbocycles. The van der Waals surface area contributed by atoms with Crippen LogP contribution in [-0.4, -0.2) is 22.7 Å². The van der Waals surface area contributed by atoms with Gasteiger partial charge in [-0.15, -0.1) is 0 Å². The number of hydrogen-bond acceptors (Lipinski definition) is 5. The van der Waals surface area contributed by atoms with Crippen LogP contribution in [0.25, 0.3) is 11.5 Å². The second-order valence-electron chi connectivity index (χ2n) is 3.36. The largest absolute Gasteiger partial charge is 0.466 e. The van der Waals surface area contributed by atoms with Crippen LogP contribution in [0.15, 0.2) is 34.9 Å². The average molecular weight is 232 g/mol. The first-order valence-corrected chi connectivity index (χ1v) is 5.33. The van der Waals surface area contributed by atoms with Gasteiger partial charge in [0.1, 0.15) is 6.42 Å². The Morgan fingerprint density at radius 2 is 2.12 bits per heavy atom. The van der Waals surface area contributed by atoms with E-state index in [2.05, 4.69) is 10.1 Å². The number of benzene rings is 1. The van der Waals surface area contributed by atoms with Gasteiger partial charge < -0.3 is 9.26 Å². The van der Waals surface area contributed by atoms with Gasteiger partial charge in [0.05, 0.1) is 6.61 Å². The number of hydrogen-bond donors (Lipinski definition) is 0. The first-order chi connectivity index (χ1) is 8.29. The Morgan fingerprint density at radius 1 is 1.35 bits per heavy atom. The highest BCUT2D eigenvalue weighted by Crippen LogP contribution is 2.16. The Kier molecular flexibility index (Phi) is 3.49. The third-order valence-electron chi connectivity index (χ3n) is 2.10. The van der Waals surface area contributed by atoms with E-state index in [1.165, 1.54) is 0 Å². The second kappa shape index (κ2) is 5.25. The molecule has 88 valence electrons. The molecule has 0 amide bonds. The number of rotatable bonds is 4. The van der Waals surface area contributed by atoms with Gasteiger partial charge in [-0.1, -0.05) is 23.4 Å². The lowest BCUT2D eigenvalue weighted by Gasteiger charge is -1.96. The van der Waals surface area contributed by atoms with Gasteiger partial charge in [-0.2, -0.15) is 4.98 Å². The van der Waals surface area contributed by atoms with Crippen molar-refractivity contribution in [1.29, 1.82) is 0 Å². The summed E-state index contributed by atoms with van der Waals surface area (Å²) < 4.78 is 9.86. The quantitative estimate of drug-likeness (QED) is 0.752. The molecule has 5 heteroatoms. The molecule has 2 aromatic rings. The van der Waals surface area contributed by atoms with Gasteiger partial charge in [0, 0.05) is 5.56 Å². The summed E-state index contributed by atoms with van der Waals surface area (Å²) in [5.41, 5.74) is 0.829. The maximum atomic E-state index is 11.2. The number of nitrogens with zero attached hydrogens (tertiary/aromatic N) is 2. The zero-order chi connectivity index (χ0) is 12.1. The highest BCUT2D eigenvalue weighted by Gasteiger charge is 2.12. The van der Waals surface area contributed by atoms with Crippen LogP contribution in [0.5, 0.6) is 0 Å². The van der Waals surface area contributed by atoms with E-state index in [0.29, 0.717) is 18.3 Å². The van der Waals surface area contributed by atoms with Crippen molar-refractivity contribution in [2.45, 2.75) is 13.3 Å². The SMILES string of the molecule is CCOC(=O)Cc1noc(-c2ccccc2)n1. The fraction of sp³-hybridized carbons (Fsp3) is 0.250. The monoisotopic (exact) mass is 232 g/mol. The molecule has 0 fully saturated rings. The van der Waals surface area contributed by atoms with E-state index < -0.39 is 0 Å². The van der Waals surface area contributed by atoms with Crippen LogP contribution in [0.1, 0.15) is 12.7 Å². The van der Waals surface area contributed by atoms with Crippen molar-refractivity contribution in [2.24, 2.45) is 0 Å². The molecule has 0 aliphatic rings. The van der Waals surface area contributed by atoms with Crippen molar-refractivity contribution in [2.75, 3.05) is 6.61 Å². The molecule has 0 bridgehead atoms. The van der Waals surface area contributed by atoms with Crippen LogP contribution in [0.2, 0.25) is 0 Å². The first-order valence-electron chi connectivity index (χ1n) is 5.33. The molecule has 0 saturated heterocycles. The highest BCUT2D eigenvalue weighted by atomic mass is 16.5. The van der Waals surface area contributed by atoms with Gasteiger partial charge in [-0.3, -0.25) is 4.79 Å². The van der Waals surface area contributed by atoms with Crippen molar-refractivity contribution in [3.8, 4) is 11.5 Å². The smallest absolute Gasteiger partial charge is 0.313 e. The van der Waals surface area contributed by atoms with Gasteiger partial charge in [0.15, 0.2) is 5.82 Å². The van der Waals surface area contributed by atoms with E-state index in [1.54, 1.807) is 6.92 Å². The fourth-order valence-electron chi connectivity index (χ4n) is 1.36. The highest BCUT2D eigenvalue weighted by molar-refractivity contribution is 5.71. The van der Waals surface area contributed by atoms with Crippen LogP contribution < -0.4 is 0 Å². The van der Waals surface area contributed by atoms with Crippen molar-refractivity contribution in [3.63, 3.8) is 0 Å². The van der Waals surface area contributed by atoms with Crippen LogP contribution in [0.3, 0.4) is 0 Å². The van der Waals surface area contributed by atoms with Crippen molar-refractivity contribution in [3.05, 3.63) is 36.2 Å². The van der Waals surface area contributed by atoms with Gasteiger partial charge >= 0.3 is 5.97 Å². The summed E-state index contributed by atoms with van der Waals surface area (Å²) >= 11 is 0. The average Bonchev–Trinajstić information content (AvgIpc) is 2.79. The van der Waals surface area contributed by atoms with Gasteiger partial charge in [0.2, 0.25) is 0 Å². The number of aromatic nitrogens is 2. The van der Waals surface area contributed by atoms with Crippen LogP contribution in [0.4, 0.5) is 0 Å². The Labute approximate surface area is 98.4 Å². The van der Waals surface area contributed by atoms with Gasteiger partial charge in [-0.25, -0.2) is 0 Å². The molecule has 0 aliphatic heterocycles. The predicted octanol–water partition coefficient (Wildman–Crippen LogP) is 1.84. The summed E-state index contributed by atoms with van der Waals surface area (Å²) in [5.74, 6) is 0.389. The maximum Gasteiger partial charge on any atom is 0.313 e. The fourth-order valence-corrected chi connectivity index (χ4v) is 1.36.